The van der Waals surface area contributed by atoms with Crippen LogP contribution in [-0.4, -0.2) is 15.5 Å². The number of amides is 1. The normalized spacial score (nSPS) is 10.8. The van der Waals surface area contributed by atoms with Crippen molar-refractivity contribution in [3.05, 3.63) is 60.2 Å². The molecule has 0 aliphatic rings. The fourth-order valence-corrected chi connectivity index (χ4v) is 3.38. The Morgan fingerprint density at radius 1 is 1.13 bits per heavy atom. The Morgan fingerprint density at radius 3 is 2.65 bits per heavy atom. The summed E-state index contributed by atoms with van der Waals surface area (Å²) in [7, 11) is 0. The van der Waals surface area contributed by atoms with Crippen molar-refractivity contribution in [2.75, 3.05) is 0 Å². The zero-order valence-corrected chi connectivity index (χ0v) is 13.4. The summed E-state index contributed by atoms with van der Waals surface area (Å²) in [6.07, 6.45) is 0.329. The topological polar surface area (TPSA) is 72.9 Å². The van der Waals surface area contributed by atoms with E-state index >= 15 is 0 Å². The predicted molar refractivity (Wildman–Crippen MR) is 92.7 cm³/mol. The first-order chi connectivity index (χ1) is 11.3. The molecule has 5 nitrogen and oxygen atoms in total. The molecule has 1 heterocycles. The van der Waals surface area contributed by atoms with Crippen LogP contribution in [0.3, 0.4) is 0 Å². The van der Waals surface area contributed by atoms with E-state index in [9.17, 15) is 4.79 Å². The number of carbonyl (C=O) groups excluding carboxylic acids is 1. The number of hydrogen-bond donors (Lipinski definition) is 2. The van der Waals surface area contributed by atoms with Crippen LogP contribution >= 0.6 is 11.8 Å². The lowest BCUT2D eigenvalue weighted by Gasteiger charge is -2.08. The SMILES string of the molecule is NNC(=O)CCn1c(SCc2ccccc2)nc2ccccc21. The summed E-state index contributed by atoms with van der Waals surface area (Å²) in [4.78, 5) is 16.2. The highest BCUT2D eigenvalue weighted by atomic mass is 32.2. The first-order valence-corrected chi connectivity index (χ1v) is 8.38. The molecule has 6 heteroatoms. The summed E-state index contributed by atoms with van der Waals surface area (Å²) >= 11 is 1.67. The summed E-state index contributed by atoms with van der Waals surface area (Å²) in [5.41, 5.74) is 5.40. The van der Waals surface area contributed by atoms with E-state index in [4.69, 9.17) is 10.8 Å². The molecule has 23 heavy (non-hydrogen) atoms. The summed E-state index contributed by atoms with van der Waals surface area (Å²) in [6.45, 7) is 0.556. The van der Waals surface area contributed by atoms with Crippen molar-refractivity contribution in [1.29, 1.82) is 0 Å². The van der Waals surface area contributed by atoms with Crippen LogP contribution in [0.1, 0.15) is 12.0 Å². The Hall–Kier alpha value is -2.31. The average Bonchev–Trinajstić information content (AvgIpc) is 2.96. The van der Waals surface area contributed by atoms with Crippen LogP contribution in [0.4, 0.5) is 0 Å². The number of para-hydroxylation sites is 2. The third-order valence-corrected chi connectivity index (χ3v) is 4.60. The van der Waals surface area contributed by atoms with Crippen LogP contribution in [0.15, 0.2) is 59.8 Å². The van der Waals surface area contributed by atoms with Crippen LogP contribution in [0, 0.1) is 0 Å². The number of benzene rings is 2. The average molecular weight is 326 g/mol. The monoisotopic (exact) mass is 326 g/mol. The summed E-state index contributed by atoms with van der Waals surface area (Å²) < 4.78 is 2.08. The molecule has 0 unspecified atom stereocenters. The van der Waals surface area contributed by atoms with Crippen LogP contribution in [0.2, 0.25) is 0 Å². The van der Waals surface area contributed by atoms with Crippen LogP contribution in [-0.2, 0) is 17.1 Å². The third kappa shape index (κ3) is 3.72. The van der Waals surface area contributed by atoms with Gasteiger partial charge in [0.2, 0.25) is 5.91 Å². The Labute approximate surface area is 138 Å². The molecule has 0 fully saturated rings. The summed E-state index contributed by atoms with van der Waals surface area (Å²) in [5.74, 6) is 5.83. The van der Waals surface area contributed by atoms with E-state index in [1.165, 1.54) is 5.56 Å². The fraction of sp³-hybridized carbons (Fsp3) is 0.176. The second-order valence-electron chi connectivity index (χ2n) is 5.13. The maximum absolute atomic E-state index is 11.5. The Bertz CT molecular complexity index is 801. The lowest BCUT2D eigenvalue weighted by Crippen LogP contribution is -2.30. The summed E-state index contributed by atoms with van der Waals surface area (Å²) in [6, 6.07) is 18.2. The van der Waals surface area contributed by atoms with E-state index in [2.05, 4.69) is 22.1 Å². The number of aromatic nitrogens is 2. The molecule has 2 aromatic carbocycles. The van der Waals surface area contributed by atoms with Gasteiger partial charge in [-0.05, 0) is 17.7 Å². The van der Waals surface area contributed by atoms with E-state index in [1.54, 1.807) is 11.8 Å². The van der Waals surface area contributed by atoms with Crippen molar-refractivity contribution in [2.24, 2.45) is 5.84 Å². The van der Waals surface area contributed by atoms with Gasteiger partial charge < -0.3 is 4.57 Å². The standard InChI is InChI=1S/C17H18N4OS/c18-20-16(22)10-11-21-15-9-5-4-8-14(15)19-17(21)23-12-13-6-2-1-3-7-13/h1-9H,10-12,18H2,(H,20,22). The molecule has 0 spiro atoms. The van der Waals surface area contributed by atoms with Crippen molar-refractivity contribution < 1.29 is 4.79 Å². The van der Waals surface area contributed by atoms with Crippen molar-refractivity contribution in [1.82, 2.24) is 15.0 Å². The lowest BCUT2D eigenvalue weighted by atomic mass is 10.2. The van der Waals surface area contributed by atoms with Gasteiger partial charge in [-0.3, -0.25) is 10.2 Å². The minimum Gasteiger partial charge on any atom is -0.318 e. The maximum Gasteiger partial charge on any atom is 0.235 e. The van der Waals surface area contributed by atoms with Gasteiger partial charge in [0, 0.05) is 18.7 Å². The Balaban J connectivity index is 1.84. The van der Waals surface area contributed by atoms with Crippen LogP contribution in [0.25, 0.3) is 11.0 Å². The number of carbonyl (C=O) groups is 1. The maximum atomic E-state index is 11.5. The van der Waals surface area contributed by atoms with Gasteiger partial charge in [0.25, 0.3) is 0 Å². The number of thioether (sulfide) groups is 1. The smallest absolute Gasteiger partial charge is 0.235 e. The first-order valence-electron chi connectivity index (χ1n) is 7.39. The number of hydrazine groups is 1. The first kappa shape index (κ1) is 15.6. The molecule has 0 saturated heterocycles. The zero-order valence-electron chi connectivity index (χ0n) is 12.6. The fourth-order valence-electron chi connectivity index (χ4n) is 2.39. The van der Waals surface area contributed by atoms with E-state index in [1.807, 2.05) is 42.5 Å². The zero-order chi connectivity index (χ0) is 16.1. The van der Waals surface area contributed by atoms with Crippen molar-refractivity contribution in [3.63, 3.8) is 0 Å². The number of fused-ring (bicyclic) bond motifs is 1. The molecule has 3 rings (SSSR count). The quantitative estimate of drug-likeness (QED) is 0.316. The molecule has 0 aliphatic heterocycles. The van der Waals surface area contributed by atoms with Crippen molar-refractivity contribution in [2.45, 2.75) is 23.9 Å². The molecule has 118 valence electrons. The highest BCUT2D eigenvalue weighted by Crippen LogP contribution is 2.27. The number of nitrogens with one attached hydrogen (secondary N) is 1. The van der Waals surface area contributed by atoms with Crippen LogP contribution in [0.5, 0.6) is 0 Å². The van der Waals surface area contributed by atoms with Gasteiger partial charge in [-0.2, -0.15) is 0 Å². The Kier molecular flexibility index (Phi) is 4.95. The molecule has 0 radical (unpaired) electrons. The molecule has 1 amide bonds. The predicted octanol–water partition coefficient (Wildman–Crippen LogP) is 2.71. The van der Waals surface area contributed by atoms with Gasteiger partial charge in [-0.15, -0.1) is 0 Å². The van der Waals surface area contributed by atoms with Gasteiger partial charge >= 0.3 is 0 Å². The highest BCUT2D eigenvalue weighted by molar-refractivity contribution is 7.98. The molecule has 1 aromatic heterocycles. The van der Waals surface area contributed by atoms with E-state index in [0.717, 1.165) is 21.9 Å². The second kappa shape index (κ2) is 7.30. The lowest BCUT2D eigenvalue weighted by molar-refractivity contribution is -0.121. The summed E-state index contributed by atoms with van der Waals surface area (Å²) in [5, 5.41) is 0.917. The minimum absolute atomic E-state index is 0.179. The molecular formula is C17H18N4OS. The number of aryl methyl sites for hydroxylation is 1. The van der Waals surface area contributed by atoms with Gasteiger partial charge in [0.05, 0.1) is 11.0 Å². The number of hydrogen-bond acceptors (Lipinski definition) is 4. The highest BCUT2D eigenvalue weighted by Gasteiger charge is 2.12. The van der Waals surface area contributed by atoms with Gasteiger partial charge in [-0.25, -0.2) is 10.8 Å². The number of rotatable bonds is 6. The van der Waals surface area contributed by atoms with Crippen molar-refractivity contribution in [3.8, 4) is 0 Å². The minimum atomic E-state index is -0.179. The number of nitrogens with zero attached hydrogens (tertiary/aromatic N) is 2. The molecule has 3 aromatic rings. The molecule has 0 saturated carbocycles. The Morgan fingerprint density at radius 2 is 1.87 bits per heavy atom. The number of nitrogens with two attached hydrogens (primary N) is 1. The molecular weight excluding hydrogens is 308 g/mol. The van der Waals surface area contributed by atoms with E-state index in [0.29, 0.717) is 13.0 Å². The largest absolute Gasteiger partial charge is 0.318 e. The molecule has 0 atom stereocenters. The van der Waals surface area contributed by atoms with Gasteiger partial charge in [-0.1, -0.05) is 54.2 Å². The van der Waals surface area contributed by atoms with Gasteiger partial charge in [0.15, 0.2) is 5.16 Å². The third-order valence-electron chi connectivity index (χ3n) is 3.55. The van der Waals surface area contributed by atoms with Crippen molar-refractivity contribution >= 4 is 28.7 Å². The van der Waals surface area contributed by atoms with Crippen LogP contribution < -0.4 is 11.3 Å². The number of imidazole rings is 1. The molecule has 3 N–H and O–H groups in total. The molecule has 0 aliphatic carbocycles. The van der Waals surface area contributed by atoms with E-state index in [-0.39, 0.29) is 5.91 Å². The van der Waals surface area contributed by atoms with Gasteiger partial charge in [0.1, 0.15) is 0 Å². The molecule has 0 bridgehead atoms. The second-order valence-corrected chi connectivity index (χ2v) is 6.07. The van der Waals surface area contributed by atoms with E-state index < -0.39 is 0 Å².